The third-order valence-electron chi connectivity index (χ3n) is 5.60. The summed E-state index contributed by atoms with van der Waals surface area (Å²) in [5.41, 5.74) is -0.238. The number of ether oxygens (including phenoxy) is 1. The number of pyridine rings is 1. The number of sulfonamides is 1. The maximum absolute atomic E-state index is 13.4. The molecule has 26 heavy (non-hydrogen) atoms. The van der Waals surface area contributed by atoms with Gasteiger partial charge in [-0.25, -0.2) is 8.42 Å². The zero-order valence-corrected chi connectivity index (χ0v) is 15.7. The molecule has 1 N–H and O–H groups in total. The predicted molar refractivity (Wildman–Crippen MR) is 90.5 cm³/mol. The predicted octanol–water partition coefficient (Wildman–Crippen LogP) is 1.64. The molecule has 3 heterocycles. The van der Waals surface area contributed by atoms with Gasteiger partial charge in [0.1, 0.15) is 10.6 Å². The Morgan fingerprint density at radius 3 is 2.42 bits per heavy atom. The Kier molecular flexibility index (Phi) is 4.15. The maximum atomic E-state index is 13.4. The van der Waals surface area contributed by atoms with Crippen LogP contribution in [0, 0.1) is 12.3 Å². The molecule has 2 aliphatic heterocycles. The van der Waals surface area contributed by atoms with Gasteiger partial charge in [0.2, 0.25) is 10.0 Å². The van der Waals surface area contributed by atoms with Crippen molar-refractivity contribution in [2.24, 2.45) is 5.41 Å². The fourth-order valence-electron chi connectivity index (χ4n) is 4.10. The van der Waals surface area contributed by atoms with Crippen LogP contribution < -0.4 is 5.32 Å². The quantitative estimate of drug-likeness (QED) is 0.832. The standard InChI is InChI=1S/C17H23F2N3O3S/c1-11-14(3-4-15(20-11)16(2,18)19)26(23,24)22-9-17(10-22)5-12(6-17)21-13-7-25-8-13/h3-4,12-13,21H,5-10H2,1-2H3. The number of halogens is 2. The molecule has 0 atom stereocenters. The summed E-state index contributed by atoms with van der Waals surface area (Å²) in [4.78, 5) is 3.82. The van der Waals surface area contributed by atoms with Crippen molar-refractivity contribution in [1.29, 1.82) is 0 Å². The summed E-state index contributed by atoms with van der Waals surface area (Å²) in [6, 6.07) is 3.21. The van der Waals surface area contributed by atoms with Gasteiger partial charge in [0.05, 0.1) is 24.9 Å². The first-order valence-corrected chi connectivity index (χ1v) is 10.2. The number of rotatable bonds is 5. The van der Waals surface area contributed by atoms with Gasteiger partial charge in [-0.3, -0.25) is 4.98 Å². The number of aryl methyl sites for hydroxylation is 1. The summed E-state index contributed by atoms with van der Waals surface area (Å²) >= 11 is 0. The maximum Gasteiger partial charge on any atom is 0.286 e. The second-order valence-corrected chi connectivity index (χ2v) is 9.85. The van der Waals surface area contributed by atoms with E-state index in [1.54, 1.807) is 0 Å². The molecule has 0 bridgehead atoms. The number of aromatic nitrogens is 1. The molecule has 1 spiro atoms. The molecule has 9 heteroatoms. The normalized spacial score (nSPS) is 24.2. The molecular weight excluding hydrogens is 364 g/mol. The van der Waals surface area contributed by atoms with E-state index in [9.17, 15) is 17.2 Å². The van der Waals surface area contributed by atoms with Crippen molar-refractivity contribution >= 4 is 10.0 Å². The number of hydrogen-bond donors (Lipinski definition) is 1. The second kappa shape index (κ2) is 5.92. The molecule has 144 valence electrons. The molecule has 1 aromatic rings. The first kappa shape index (κ1) is 18.2. The highest BCUT2D eigenvalue weighted by Crippen LogP contribution is 2.50. The van der Waals surface area contributed by atoms with Gasteiger partial charge in [0.15, 0.2) is 0 Å². The Labute approximate surface area is 152 Å². The fraction of sp³-hybridized carbons (Fsp3) is 0.706. The van der Waals surface area contributed by atoms with E-state index in [0.717, 1.165) is 39.0 Å². The lowest BCUT2D eigenvalue weighted by Gasteiger charge is -2.59. The van der Waals surface area contributed by atoms with E-state index in [2.05, 4.69) is 10.3 Å². The molecule has 1 saturated carbocycles. The third-order valence-corrected chi connectivity index (χ3v) is 7.52. The largest absolute Gasteiger partial charge is 0.378 e. The van der Waals surface area contributed by atoms with Crippen LogP contribution in [0.2, 0.25) is 0 Å². The molecule has 4 rings (SSSR count). The van der Waals surface area contributed by atoms with Gasteiger partial charge in [-0.1, -0.05) is 0 Å². The zero-order valence-electron chi connectivity index (χ0n) is 14.8. The van der Waals surface area contributed by atoms with Crippen molar-refractivity contribution in [1.82, 2.24) is 14.6 Å². The average molecular weight is 387 g/mol. The molecule has 1 aliphatic carbocycles. The highest BCUT2D eigenvalue weighted by atomic mass is 32.2. The molecule has 0 unspecified atom stereocenters. The third kappa shape index (κ3) is 3.04. The van der Waals surface area contributed by atoms with Crippen molar-refractivity contribution in [3.05, 3.63) is 23.5 Å². The summed E-state index contributed by atoms with van der Waals surface area (Å²) < 4.78 is 58.9. The SMILES string of the molecule is Cc1nc(C(C)(F)F)ccc1S(=O)(=O)N1CC2(CC(NC3COC3)C2)C1. The summed E-state index contributed by atoms with van der Waals surface area (Å²) in [6.07, 6.45) is 1.93. The molecule has 3 aliphatic rings. The highest BCUT2D eigenvalue weighted by Gasteiger charge is 2.56. The fourth-order valence-corrected chi connectivity index (χ4v) is 5.93. The van der Waals surface area contributed by atoms with E-state index in [0.29, 0.717) is 25.2 Å². The van der Waals surface area contributed by atoms with Crippen molar-refractivity contribution in [3.8, 4) is 0 Å². The van der Waals surface area contributed by atoms with Gasteiger partial charge < -0.3 is 10.1 Å². The highest BCUT2D eigenvalue weighted by molar-refractivity contribution is 7.89. The summed E-state index contributed by atoms with van der Waals surface area (Å²) in [5.74, 6) is -3.09. The van der Waals surface area contributed by atoms with E-state index >= 15 is 0 Å². The number of hydrogen-bond acceptors (Lipinski definition) is 5. The lowest BCUT2D eigenvalue weighted by Crippen LogP contribution is -2.68. The van der Waals surface area contributed by atoms with Crippen LogP contribution in [-0.4, -0.2) is 56.1 Å². The molecule has 0 aromatic carbocycles. The average Bonchev–Trinajstić information content (AvgIpc) is 2.40. The van der Waals surface area contributed by atoms with Crippen LogP contribution in [0.4, 0.5) is 8.78 Å². The Hall–Kier alpha value is -1.16. The summed E-state index contributed by atoms with van der Waals surface area (Å²) in [7, 11) is -3.69. The van der Waals surface area contributed by atoms with Crippen molar-refractivity contribution in [3.63, 3.8) is 0 Å². The lowest BCUT2D eigenvalue weighted by atomic mass is 9.61. The molecule has 1 aromatic heterocycles. The number of nitrogens with one attached hydrogen (secondary N) is 1. The van der Waals surface area contributed by atoms with Gasteiger partial charge in [-0.05, 0) is 31.9 Å². The Balaban J connectivity index is 1.40. The van der Waals surface area contributed by atoms with Crippen molar-refractivity contribution in [2.75, 3.05) is 26.3 Å². The van der Waals surface area contributed by atoms with Crippen LogP contribution in [-0.2, 0) is 20.7 Å². The van der Waals surface area contributed by atoms with E-state index < -0.39 is 21.6 Å². The van der Waals surface area contributed by atoms with Crippen LogP contribution in [0.1, 0.15) is 31.2 Å². The Morgan fingerprint density at radius 2 is 1.92 bits per heavy atom. The number of alkyl halides is 2. The van der Waals surface area contributed by atoms with Crippen LogP contribution in [0.3, 0.4) is 0 Å². The smallest absolute Gasteiger partial charge is 0.286 e. The zero-order chi connectivity index (χ0) is 18.7. The van der Waals surface area contributed by atoms with Crippen LogP contribution in [0.5, 0.6) is 0 Å². The monoisotopic (exact) mass is 387 g/mol. The van der Waals surface area contributed by atoms with E-state index in [4.69, 9.17) is 4.74 Å². The van der Waals surface area contributed by atoms with Gasteiger partial charge in [-0.15, -0.1) is 0 Å². The Morgan fingerprint density at radius 1 is 1.27 bits per heavy atom. The van der Waals surface area contributed by atoms with E-state index in [1.807, 2.05) is 0 Å². The summed E-state index contributed by atoms with van der Waals surface area (Å²) in [5, 5.41) is 3.52. The Bertz CT molecular complexity index is 807. The molecule has 0 amide bonds. The molecule has 0 radical (unpaired) electrons. The number of nitrogens with zero attached hydrogens (tertiary/aromatic N) is 2. The van der Waals surface area contributed by atoms with Gasteiger partial charge in [0, 0.05) is 31.5 Å². The van der Waals surface area contributed by atoms with Crippen molar-refractivity contribution < 1.29 is 21.9 Å². The molecule has 2 saturated heterocycles. The molecule has 6 nitrogen and oxygen atoms in total. The topological polar surface area (TPSA) is 71.5 Å². The van der Waals surface area contributed by atoms with Gasteiger partial charge in [0.25, 0.3) is 5.92 Å². The first-order chi connectivity index (χ1) is 12.1. The van der Waals surface area contributed by atoms with Crippen LogP contribution >= 0.6 is 0 Å². The molecule has 3 fully saturated rings. The second-order valence-electron chi connectivity index (χ2n) is 7.95. The van der Waals surface area contributed by atoms with Gasteiger partial charge >= 0.3 is 0 Å². The summed E-state index contributed by atoms with van der Waals surface area (Å²) in [6.45, 7) is 4.69. The van der Waals surface area contributed by atoms with Crippen molar-refractivity contribution in [2.45, 2.75) is 49.6 Å². The van der Waals surface area contributed by atoms with Crippen LogP contribution in [0.15, 0.2) is 17.0 Å². The minimum atomic E-state index is -3.69. The minimum absolute atomic E-state index is 0.0148. The van der Waals surface area contributed by atoms with Gasteiger partial charge in [-0.2, -0.15) is 13.1 Å². The van der Waals surface area contributed by atoms with E-state index in [1.165, 1.54) is 17.3 Å². The first-order valence-electron chi connectivity index (χ1n) is 8.79. The van der Waals surface area contributed by atoms with E-state index in [-0.39, 0.29) is 16.0 Å². The lowest BCUT2D eigenvalue weighted by molar-refractivity contribution is -0.0642. The molecular formula is C17H23F2N3O3S. The van der Waals surface area contributed by atoms with Crippen LogP contribution in [0.25, 0.3) is 0 Å². The minimum Gasteiger partial charge on any atom is -0.378 e.